The summed E-state index contributed by atoms with van der Waals surface area (Å²) < 4.78 is 0. The fraction of sp³-hybridized carbons (Fsp3) is 0.750. The van der Waals surface area contributed by atoms with Gasteiger partial charge in [-0.25, -0.2) is 0 Å². The normalized spacial score (nSPS) is 27.4. The third-order valence-corrected chi connectivity index (χ3v) is 4.33. The second-order valence-electron chi connectivity index (χ2n) is 8.18. The first-order chi connectivity index (χ1) is 9.85. The van der Waals surface area contributed by atoms with E-state index in [1.54, 1.807) is 20.8 Å². The van der Waals surface area contributed by atoms with Crippen molar-refractivity contribution in [2.24, 2.45) is 11.3 Å². The molecule has 2 aliphatic heterocycles. The molecule has 6 heteroatoms. The molecule has 2 atom stereocenters. The molecule has 122 valence electrons. The van der Waals surface area contributed by atoms with Crippen molar-refractivity contribution in [3.8, 4) is 0 Å². The van der Waals surface area contributed by atoms with Gasteiger partial charge in [0.15, 0.2) is 0 Å². The Morgan fingerprint density at radius 3 is 1.73 bits per heavy atom. The van der Waals surface area contributed by atoms with Gasteiger partial charge in [0.25, 0.3) is 5.91 Å². The van der Waals surface area contributed by atoms with Crippen LogP contribution in [0, 0.1) is 11.3 Å². The molecule has 0 aromatic carbocycles. The lowest BCUT2D eigenvalue weighted by Crippen LogP contribution is -2.50. The van der Waals surface area contributed by atoms with Gasteiger partial charge in [0, 0.05) is 12.0 Å². The van der Waals surface area contributed by atoms with Gasteiger partial charge >= 0.3 is 0 Å². The molecule has 0 spiro atoms. The monoisotopic (exact) mass is 308 g/mol. The van der Waals surface area contributed by atoms with Gasteiger partial charge in [0.05, 0.1) is 12.3 Å². The first-order valence-corrected chi connectivity index (χ1v) is 7.58. The average Bonchev–Trinajstić information content (AvgIpc) is 2.75. The summed E-state index contributed by atoms with van der Waals surface area (Å²) >= 11 is 0. The maximum atomic E-state index is 12.6. The SMILES string of the molecule is CC(C)(C)C1CC(=O)N(C2CC(=O)N(C(C)(C)C)C2=O)C1=O. The minimum Gasteiger partial charge on any atom is -0.275 e. The third kappa shape index (κ3) is 2.55. The van der Waals surface area contributed by atoms with E-state index in [9.17, 15) is 19.2 Å². The Balaban J connectivity index is 2.30. The highest BCUT2D eigenvalue weighted by Gasteiger charge is 2.54. The zero-order valence-corrected chi connectivity index (χ0v) is 14.1. The first-order valence-electron chi connectivity index (χ1n) is 7.58. The van der Waals surface area contributed by atoms with E-state index in [0.29, 0.717) is 0 Å². The van der Waals surface area contributed by atoms with E-state index < -0.39 is 23.4 Å². The van der Waals surface area contributed by atoms with E-state index in [1.807, 2.05) is 20.8 Å². The topological polar surface area (TPSA) is 74.8 Å². The lowest BCUT2D eigenvalue weighted by atomic mass is 9.80. The van der Waals surface area contributed by atoms with Gasteiger partial charge in [0.2, 0.25) is 17.7 Å². The number of hydrogen-bond donors (Lipinski definition) is 0. The molecule has 2 unspecified atom stereocenters. The molecule has 0 bridgehead atoms. The number of carbonyl (C=O) groups excluding carboxylic acids is 4. The van der Waals surface area contributed by atoms with Crippen LogP contribution >= 0.6 is 0 Å². The van der Waals surface area contributed by atoms with E-state index in [0.717, 1.165) is 4.90 Å². The van der Waals surface area contributed by atoms with Crippen LogP contribution < -0.4 is 0 Å². The predicted molar refractivity (Wildman–Crippen MR) is 79.4 cm³/mol. The molecule has 6 nitrogen and oxygen atoms in total. The Labute approximate surface area is 130 Å². The minimum absolute atomic E-state index is 0.107. The first kappa shape index (κ1) is 16.6. The summed E-state index contributed by atoms with van der Waals surface area (Å²) in [4.78, 5) is 51.7. The fourth-order valence-electron chi connectivity index (χ4n) is 3.18. The molecule has 0 aromatic rings. The maximum absolute atomic E-state index is 12.6. The molecular weight excluding hydrogens is 284 g/mol. The van der Waals surface area contributed by atoms with Crippen molar-refractivity contribution in [2.45, 2.75) is 66.0 Å². The zero-order valence-electron chi connectivity index (χ0n) is 14.1. The number of rotatable bonds is 1. The van der Waals surface area contributed by atoms with Gasteiger partial charge in [-0.3, -0.25) is 29.0 Å². The van der Waals surface area contributed by atoms with Crippen LogP contribution in [-0.4, -0.2) is 45.0 Å². The number of imide groups is 2. The summed E-state index contributed by atoms with van der Waals surface area (Å²) in [7, 11) is 0. The van der Waals surface area contributed by atoms with Crippen molar-refractivity contribution in [2.75, 3.05) is 0 Å². The van der Waals surface area contributed by atoms with E-state index in [1.165, 1.54) is 4.90 Å². The molecule has 0 N–H and O–H groups in total. The van der Waals surface area contributed by atoms with Gasteiger partial charge < -0.3 is 0 Å². The molecule has 22 heavy (non-hydrogen) atoms. The van der Waals surface area contributed by atoms with E-state index >= 15 is 0 Å². The van der Waals surface area contributed by atoms with Crippen LogP contribution in [0.3, 0.4) is 0 Å². The molecular formula is C16H24N2O4. The van der Waals surface area contributed by atoms with Crippen LogP contribution in [0.2, 0.25) is 0 Å². The summed E-state index contributed by atoms with van der Waals surface area (Å²) in [5.41, 5.74) is -1.00. The van der Waals surface area contributed by atoms with Crippen LogP contribution in [0.15, 0.2) is 0 Å². The number of likely N-dealkylation sites (tertiary alicyclic amines) is 2. The standard InChI is InChI=1S/C16H24N2O4/c1-15(2,3)9-7-11(19)17(13(9)21)10-8-12(20)18(14(10)22)16(4,5)6/h9-10H,7-8H2,1-6H3. The van der Waals surface area contributed by atoms with Crippen molar-refractivity contribution in [3.05, 3.63) is 0 Å². The zero-order chi connectivity index (χ0) is 17.0. The highest BCUT2D eigenvalue weighted by Crippen LogP contribution is 2.38. The van der Waals surface area contributed by atoms with E-state index in [4.69, 9.17) is 0 Å². The van der Waals surface area contributed by atoms with Crippen LogP contribution in [0.25, 0.3) is 0 Å². The highest BCUT2D eigenvalue weighted by atomic mass is 16.2. The van der Waals surface area contributed by atoms with Crippen molar-refractivity contribution in [1.82, 2.24) is 9.80 Å². The van der Waals surface area contributed by atoms with Gasteiger partial charge in [-0.2, -0.15) is 0 Å². The van der Waals surface area contributed by atoms with Crippen molar-refractivity contribution in [1.29, 1.82) is 0 Å². The minimum atomic E-state index is -0.973. The quantitative estimate of drug-likeness (QED) is 0.685. The molecule has 2 fully saturated rings. The van der Waals surface area contributed by atoms with Crippen LogP contribution in [-0.2, 0) is 19.2 Å². The number of carbonyl (C=O) groups is 4. The fourth-order valence-corrected chi connectivity index (χ4v) is 3.18. The average molecular weight is 308 g/mol. The maximum Gasteiger partial charge on any atom is 0.253 e. The number of amides is 4. The van der Waals surface area contributed by atoms with E-state index in [-0.39, 0.29) is 36.0 Å². The van der Waals surface area contributed by atoms with Gasteiger partial charge in [-0.1, -0.05) is 20.8 Å². The second kappa shape index (κ2) is 4.89. The lowest BCUT2D eigenvalue weighted by molar-refractivity contribution is -0.152. The number of hydrogen-bond acceptors (Lipinski definition) is 4. The Bertz CT molecular complexity index is 553. The van der Waals surface area contributed by atoms with Gasteiger partial charge in [0.1, 0.15) is 6.04 Å². The van der Waals surface area contributed by atoms with Crippen LogP contribution in [0.4, 0.5) is 0 Å². The Morgan fingerprint density at radius 1 is 0.818 bits per heavy atom. The van der Waals surface area contributed by atoms with Crippen molar-refractivity contribution >= 4 is 23.6 Å². The molecule has 0 aromatic heterocycles. The molecule has 0 radical (unpaired) electrons. The number of nitrogens with zero attached hydrogens (tertiary/aromatic N) is 2. The van der Waals surface area contributed by atoms with Crippen molar-refractivity contribution < 1.29 is 19.2 Å². The molecule has 2 rings (SSSR count). The largest absolute Gasteiger partial charge is 0.275 e. The van der Waals surface area contributed by atoms with E-state index in [2.05, 4.69) is 0 Å². The third-order valence-electron chi connectivity index (χ3n) is 4.33. The Kier molecular flexibility index (Phi) is 3.70. The van der Waals surface area contributed by atoms with Gasteiger partial charge in [-0.15, -0.1) is 0 Å². The molecule has 2 aliphatic rings. The second-order valence-corrected chi connectivity index (χ2v) is 8.18. The molecule has 0 aliphatic carbocycles. The summed E-state index contributed by atoms with van der Waals surface area (Å²) in [5.74, 6) is -1.91. The van der Waals surface area contributed by atoms with Crippen molar-refractivity contribution in [3.63, 3.8) is 0 Å². The Morgan fingerprint density at radius 2 is 1.36 bits per heavy atom. The highest BCUT2D eigenvalue weighted by molar-refractivity contribution is 6.13. The summed E-state index contributed by atoms with van der Waals surface area (Å²) in [6, 6.07) is -0.973. The van der Waals surface area contributed by atoms with Crippen LogP contribution in [0.5, 0.6) is 0 Å². The molecule has 2 saturated heterocycles. The summed E-state index contributed by atoms with van der Waals surface area (Å²) in [5, 5.41) is 0. The smallest absolute Gasteiger partial charge is 0.253 e. The van der Waals surface area contributed by atoms with Gasteiger partial charge in [-0.05, 0) is 26.2 Å². The molecule has 0 saturated carbocycles. The Hall–Kier alpha value is -1.72. The molecule has 2 heterocycles. The summed E-state index contributed by atoms with van der Waals surface area (Å²) in [6.45, 7) is 11.0. The molecule has 4 amide bonds. The predicted octanol–water partition coefficient (Wildman–Crippen LogP) is 1.33. The van der Waals surface area contributed by atoms with Crippen LogP contribution in [0.1, 0.15) is 54.4 Å². The lowest BCUT2D eigenvalue weighted by Gasteiger charge is -2.31. The summed E-state index contributed by atoms with van der Waals surface area (Å²) in [6.07, 6.45) is 0.000266.